The van der Waals surface area contributed by atoms with Crippen molar-refractivity contribution >= 4 is 27.0 Å². The third kappa shape index (κ3) is 3.06. The number of hydrogen-bond acceptors (Lipinski definition) is 3. The van der Waals surface area contributed by atoms with Crippen molar-refractivity contribution in [3.8, 4) is 0 Å². The fraction of sp³-hybridized carbons (Fsp3) is 0.200. The molecule has 1 aromatic carbocycles. The van der Waals surface area contributed by atoms with E-state index in [-0.39, 0.29) is 5.56 Å². The molecule has 0 saturated heterocycles. The third-order valence-corrected chi connectivity index (χ3v) is 3.80. The van der Waals surface area contributed by atoms with Gasteiger partial charge in [-0.2, -0.15) is 0 Å². The van der Waals surface area contributed by atoms with Crippen molar-refractivity contribution in [2.45, 2.75) is 13.2 Å². The largest absolute Gasteiger partial charge is 0.283 e. The summed E-state index contributed by atoms with van der Waals surface area (Å²) in [6.07, 6.45) is 1.67. The lowest BCUT2D eigenvalue weighted by atomic mass is 10.2. The number of aromatic amines is 1. The number of pyridine rings is 1. The Balaban J connectivity index is 1.77. The van der Waals surface area contributed by atoms with Crippen LogP contribution in [0.4, 0.5) is 0 Å². The monoisotopic (exact) mass is 346 g/mol. The van der Waals surface area contributed by atoms with Gasteiger partial charge in [-0.1, -0.05) is 28.1 Å². The number of halogens is 1. The summed E-state index contributed by atoms with van der Waals surface area (Å²) in [7, 11) is 1.98. The first-order valence-corrected chi connectivity index (χ1v) is 7.39. The average molecular weight is 347 g/mol. The van der Waals surface area contributed by atoms with Crippen LogP contribution in [0.3, 0.4) is 0 Å². The average Bonchev–Trinajstić information content (AvgIpc) is 2.78. The fourth-order valence-corrected chi connectivity index (χ4v) is 2.55. The maximum atomic E-state index is 12.2. The maximum absolute atomic E-state index is 12.2. The van der Waals surface area contributed by atoms with Gasteiger partial charge in [0.1, 0.15) is 0 Å². The van der Waals surface area contributed by atoms with Gasteiger partial charge in [0, 0.05) is 17.2 Å². The molecular formula is C15H15BrN4O. The Kier molecular flexibility index (Phi) is 3.90. The summed E-state index contributed by atoms with van der Waals surface area (Å²) >= 11 is 3.42. The van der Waals surface area contributed by atoms with Gasteiger partial charge < -0.3 is 0 Å². The standard InChI is InChI=1S/C15H15BrN4O/c1-19(9-11-4-6-12(16)7-5-11)10-20-15(21)13-3-2-8-17-14(13)18-20/h2-8H,9-10H2,1H3,(H,17,18). The number of H-pyrrole nitrogens is 1. The van der Waals surface area contributed by atoms with Crippen LogP contribution in [-0.4, -0.2) is 26.7 Å². The van der Waals surface area contributed by atoms with Gasteiger partial charge in [0.25, 0.3) is 5.56 Å². The van der Waals surface area contributed by atoms with Crippen LogP contribution in [0.15, 0.2) is 51.9 Å². The van der Waals surface area contributed by atoms with Gasteiger partial charge in [-0.05, 0) is 36.9 Å². The molecule has 0 aliphatic heterocycles. The van der Waals surface area contributed by atoms with Gasteiger partial charge in [0.15, 0.2) is 5.65 Å². The van der Waals surface area contributed by atoms with Gasteiger partial charge in [0.05, 0.1) is 12.1 Å². The number of rotatable bonds is 4. The van der Waals surface area contributed by atoms with E-state index in [4.69, 9.17) is 0 Å². The predicted molar refractivity (Wildman–Crippen MR) is 86.0 cm³/mol. The van der Waals surface area contributed by atoms with Gasteiger partial charge >= 0.3 is 0 Å². The number of hydrogen-bond donors (Lipinski definition) is 1. The molecule has 108 valence electrons. The molecule has 0 spiro atoms. The molecule has 0 bridgehead atoms. The van der Waals surface area contributed by atoms with Crippen molar-refractivity contribution in [1.82, 2.24) is 19.7 Å². The summed E-state index contributed by atoms with van der Waals surface area (Å²) in [5.74, 6) is 0. The molecular weight excluding hydrogens is 332 g/mol. The van der Waals surface area contributed by atoms with Gasteiger partial charge in [0.2, 0.25) is 0 Å². The van der Waals surface area contributed by atoms with Crippen LogP contribution >= 0.6 is 15.9 Å². The van der Waals surface area contributed by atoms with Crippen LogP contribution < -0.4 is 5.56 Å². The second kappa shape index (κ2) is 5.83. The third-order valence-electron chi connectivity index (χ3n) is 3.27. The number of fused-ring (bicyclic) bond motifs is 1. The SMILES string of the molecule is CN(Cc1ccc(Br)cc1)Cn1[nH]c2ncccc2c1=O. The molecule has 0 atom stereocenters. The first-order valence-electron chi connectivity index (χ1n) is 6.60. The summed E-state index contributed by atoms with van der Waals surface area (Å²) in [6, 6.07) is 11.7. The first kappa shape index (κ1) is 14.0. The summed E-state index contributed by atoms with van der Waals surface area (Å²) in [4.78, 5) is 18.5. The topological polar surface area (TPSA) is 53.9 Å². The molecule has 0 aliphatic rings. The predicted octanol–water partition coefficient (Wildman–Crippen LogP) is 2.58. The highest BCUT2D eigenvalue weighted by atomic mass is 79.9. The van der Waals surface area contributed by atoms with E-state index in [1.165, 1.54) is 5.56 Å². The fourth-order valence-electron chi connectivity index (χ4n) is 2.28. The van der Waals surface area contributed by atoms with Crippen molar-refractivity contribution in [2.24, 2.45) is 0 Å². The molecule has 2 aromatic heterocycles. The van der Waals surface area contributed by atoms with Crippen LogP contribution in [0.2, 0.25) is 0 Å². The molecule has 6 heteroatoms. The Morgan fingerprint density at radius 3 is 2.76 bits per heavy atom. The molecule has 3 aromatic rings. The van der Waals surface area contributed by atoms with Crippen molar-refractivity contribution in [3.05, 3.63) is 63.0 Å². The highest BCUT2D eigenvalue weighted by Crippen LogP contribution is 2.12. The zero-order valence-corrected chi connectivity index (χ0v) is 13.2. The highest BCUT2D eigenvalue weighted by molar-refractivity contribution is 9.10. The molecule has 0 amide bonds. The van der Waals surface area contributed by atoms with Gasteiger partial charge in [-0.3, -0.25) is 14.8 Å². The molecule has 3 rings (SSSR count). The summed E-state index contributed by atoms with van der Waals surface area (Å²) in [5.41, 5.74) is 1.78. The van der Waals surface area contributed by atoms with Crippen LogP contribution in [0, 0.1) is 0 Å². The van der Waals surface area contributed by atoms with Crippen molar-refractivity contribution in [2.75, 3.05) is 7.05 Å². The van der Waals surface area contributed by atoms with E-state index in [2.05, 4.69) is 43.0 Å². The highest BCUT2D eigenvalue weighted by Gasteiger charge is 2.09. The number of nitrogens with zero attached hydrogens (tertiary/aromatic N) is 3. The van der Waals surface area contributed by atoms with E-state index in [1.54, 1.807) is 23.0 Å². The molecule has 5 nitrogen and oxygen atoms in total. The van der Waals surface area contributed by atoms with E-state index in [0.29, 0.717) is 17.7 Å². The van der Waals surface area contributed by atoms with Gasteiger partial charge in [-0.25, -0.2) is 9.67 Å². The summed E-state index contributed by atoms with van der Waals surface area (Å²) in [6.45, 7) is 1.26. The van der Waals surface area contributed by atoms with E-state index in [0.717, 1.165) is 11.0 Å². The minimum atomic E-state index is -0.0410. The minimum absolute atomic E-state index is 0.0410. The maximum Gasteiger partial charge on any atom is 0.277 e. The van der Waals surface area contributed by atoms with E-state index in [9.17, 15) is 4.79 Å². The number of aromatic nitrogens is 3. The first-order chi connectivity index (χ1) is 10.1. The van der Waals surface area contributed by atoms with E-state index < -0.39 is 0 Å². The Morgan fingerprint density at radius 1 is 1.29 bits per heavy atom. The van der Waals surface area contributed by atoms with E-state index >= 15 is 0 Å². The Bertz CT molecular complexity index is 806. The second-order valence-electron chi connectivity index (χ2n) is 5.03. The van der Waals surface area contributed by atoms with Crippen LogP contribution in [0.25, 0.3) is 11.0 Å². The molecule has 0 aliphatic carbocycles. The lowest BCUT2D eigenvalue weighted by molar-refractivity contribution is 0.243. The Labute approximate surface area is 130 Å². The molecule has 1 N–H and O–H groups in total. The lowest BCUT2D eigenvalue weighted by Crippen LogP contribution is -2.28. The second-order valence-corrected chi connectivity index (χ2v) is 5.94. The molecule has 21 heavy (non-hydrogen) atoms. The molecule has 0 radical (unpaired) electrons. The minimum Gasteiger partial charge on any atom is -0.283 e. The quantitative estimate of drug-likeness (QED) is 0.789. The zero-order chi connectivity index (χ0) is 14.8. The van der Waals surface area contributed by atoms with Crippen LogP contribution in [0.1, 0.15) is 5.56 Å². The normalized spacial score (nSPS) is 11.4. The summed E-state index contributed by atoms with van der Waals surface area (Å²) < 4.78 is 2.64. The van der Waals surface area contributed by atoms with E-state index in [1.807, 2.05) is 19.2 Å². The molecule has 0 unspecified atom stereocenters. The smallest absolute Gasteiger partial charge is 0.277 e. The Hall–Kier alpha value is -1.92. The molecule has 0 saturated carbocycles. The number of benzene rings is 1. The van der Waals surface area contributed by atoms with Crippen molar-refractivity contribution in [3.63, 3.8) is 0 Å². The van der Waals surface area contributed by atoms with Crippen molar-refractivity contribution < 1.29 is 0 Å². The lowest BCUT2D eigenvalue weighted by Gasteiger charge is -2.16. The molecule has 0 fully saturated rings. The van der Waals surface area contributed by atoms with Crippen molar-refractivity contribution in [1.29, 1.82) is 0 Å². The molecule has 2 heterocycles. The summed E-state index contributed by atoms with van der Waals surface area (Å²) in [5, 5.41) is 3.65. The zero-order valence-electron chi connectivity index (χ0n) is 11.6. The van der Waals surface area contributed by atoms with Gasteiger partial charge in [-0.15, -0.1) is 0 Å². The van der Waals surface area contributed by atoms with Crippen LogP contribution in [0.5, 0.6) is 0 Å². The number of nitrogens with one attached hydrogen (secondary N) is 1. The Morgan fingerprint density at radius 2 is 2.05 bits per heavy atom. The van der Waals surface area contributed by atoms with Crippen LogP contribution in [-0.2, 0) is 13.2 Å².